The normalized spacial score (nSPS) is 15.3. The number of likely N-dealkylation sites (tertiary alicyclic amines) is 1. The smallest absolute Gasteiger partial charge is 0.410 e. The van der Waals surface area contributed by atoms with E-state index >= 15 is 0 Å². The molecular formula is C30H42N2O7S. The number of carbonyl (C=O) groups is 2. The number of methoxy groups -OCH3 is 1. The van der Waals surface area contributed by atoms with Gasteiger partial charge in [0.15, 0.2) is 0 Å². The summed E-state index contributed by atoms with van der Waals surface area (Å²) in [7, 11) is -2.65. The highest BCUT2D eigenvalue weighted by atomic mass is 32.2. The zero-order valence-corrected chi connectivity index (χ0v) is 24.7. The lowest BCUT2D eigenvalue weighted by Gasteiger charge is -2.33. The maximum Gasteiger partial charge on any atom is 0.410 e. The highest BCUT2D eigenvalue weighted by Crippen LogP contribution is 2.24. The van der Waals surface area contributed by atoms with Gasteiger partial charge in [0.2, 0.25) is 10.0 Å². The minimum Gasteiger partial charge on any atom is -0.494 e. The molecule has 1 atom stereocenters. The van der Waals surface area contributed by atoms with Crippen molar-refractivity contribution in [3.8, 4) is 5.75 Å². The van der Waals surface area contributed by atoms with Crippen LogP contribution in [-0.2, 0) is 30.7 Å². The van der Waals surface area contributed by atoms with Crippen LogP contribution in [0.25, 0.3) is 0 Å². The molecule has 0 spiro atoms. The van der Waals surface area contributed by atoms with E-state index in [1.54, 1.807) is 23.1 Å². The summed E-state index contributed by atoms with van der Waals surface area (Å²) in [5.74, 6) is 0.671. The van der Waals surface area contributed by atoms with Gasteiger partial charge in [-0.05, 0) is 88.6 Å². The Morgan fingerprint density at radius 1 is 1.00 bits per heavy atom. The van der Waals surface area contributed by atoms with Crippen LogP contribution in [0.3, 0.4) is 0 Å². The Balaban J connectivity index is 1.39. The minimum atomic E-state index is -3.88. The van der Waals surface area contributed by atoms with Gasteiger partial charge in [-0.25, -0.2) is 13.2 Å². The molecule has 1 heterocycles. The number of amides is 1. The van der Waals surface area contributed by atoms with Gasteiger partial charge in [-0.1, -0.05) is 36.8 Å². The molecule has 2 aromatic rings. The molecule has 220 valence electrons. The van der Waals surface area contributed by atoms with Crippen molar-refractivity contribution in [2.75, 3.05) is 26.8 Å². The Hall–Kier alpha value is -3.11. The van der Waals surface area contributed by atoms with Gasteiger partial charge in [-0.15, -0.1) is 0 Å². The van der Waals surface area contributed by atoms with Crippen molar-refractivity contribution in [3.05, 3.63) is 60.2 Å². The number of nitrogens with zero attached hydrogens (tertiary/aromatic N) is 1. The van der Waals surface area contributed by atoms with E-state index in [0.29, 0.717) is 18.3 Å². The first-order valence-electron chi connectivity index (χ1n) is 13.8. The van der Waals surface area contributed by atoms with Crippen molar-refractivity contribution in [2.24, 2.45) is 5.92 Å². The molecule has 1 N–H and O–H groups in total. The molecular weight excluding hydrogens is 532 g/mol. The molecule has 2 aromatic carbocycles. The predicted molar refractivity (Wildman–Crippen MR) is 153 cm³/mol. The SMILES string of the molecule is COC(=O)[C@H](Cc1ccc(OCCCCC2CCN(C(=O)OC(C)(C)C)CC2)cc1)NS(=O)(=O)c1ccccc1. The minimum absolute atomic E-state index is 0.0823. The Morgan fingerprint density at radius 3 is 2.25 bits per heavy atom. The van der Waals surface area contributed by atoms with Gasteiger partial charge < -0.3 is 19.1 Å². The molecule has 1 amide bonds. The Bertz CT molecular complexity index is 1190. The lowest BCUT2D eigenvalue weighted by atomic mass is 9.92. The zero-order chi connectivity index (χ0) is 29.2. The molecule has 0 saturated carbocycles. The van der Waals surface area contributed by atoms with Crippen molar-refractivity contribution in [1.29, 1.82) is 0 Å². The van der Waals surface area contributed by atoms with Gasteiger partial charge in [0.1, 0.15) is 17.4 Å². The van der Waals surface area contributed by atoms with Crippen LogP contribution in [0.2, 0.25) is 0 Å². The number of rotatable bonds is 12. The number of benzene rings is 2. The van der Waals surface area contributed by atoms with Crippen molar-refractivity contribution in [3.63, 3.8) is 0 Å². The molecule has 0 aromatic heterocycles. The van der Waals surface area contributed by atoms with Gasteiger partial charge in [0.25, 0.3) is 0 Å². The van der Waals surface area contributed by atoms with E-state index in [1.165, 1.54) is 19.2 Å². The van der Waals surface area contributed by atoms with Gasteiger partial charge >= 0.3 is 12.1 Å². The molecule has 10 heteroatoms. The summed E-state index contributed by atoms with van der Waals surface area (Å²) in [5, 5.41) is 0. The topological polar surface area (TPSA) is 111 Å². The maximum absolute atomic E-state index is 12.7. The number of hydrogen-bond donors (Lipinski definition) is 1. The van der Waals surface area contributed by atoms with E-state index in [0.717, 1.165) is 50.8 Å². The van der Waals surface area contributed by atoms with E-state index in [4.69, 9.17) is 14.2 Å². The van der Waals surface area contributed by atoms with Crippen molar-refractivity contribution >= 4 is 22.1 Å². The first kappa shape index (κ1) is 31.4. The summed E-state index contributed by atoms with van der Waals surface area (Å²) in [4.78, 5) is 26.4. The molecule has 1 saturated heterocycles. The van der Waals surface area contributed by atoms with E-state index in [2.05, 4.69) is 4.72 Å². The lowest BCUT2D eigenvalue weighted by molar-refractivity contribution is -0.142. The van der Waals surface area contributed by atoms with Crippen LogP contribution >= 0.6 is 0 Å². The lowest BCUT2D eigenvalue weighted by Crippen LogP contribution is -2.42. The third-order valence-electron chi connectivity index (χ3n) is 6.74. The number of piperidine rings is 1. The molecule has 0 bridgehead atoms. The monoisotopic (exact) mass is 574 g/mol. The van der Waals surface area contributed by atoms with Crippen molar-refractivity contribution in [2.45, 2.75) is 75.8 Å². The number of esters is 1. The molecule has 3 rings (SSSR count). The van der Waals surface area contributed by atoms with Gasteiger partial charge in [0.05, 0.1) is 18.6 Å². The zero-order valence-electron chi connectivity index (χ0n) is 23.9. The van der Waals surface area contributed by atoms with Crippen LogP contribution in [0.15, 0.2) is 59.5 Å². The highest BCUT2D eigenvalue weighted by Gasteiger charge is 2.28. The molecule has 1 aliphatic heterocycles. The average molecular weight is 575 g/mol. The average Bonchev–Trinajstić information content (AvgIpc) is 2.92. The molecule has 1 fully saturated rings. The fourth-order valence-corrected chi connectivity index (χ4v) is 5.79. The van der Waals surface area contributed by atoms with Crippen molar-refractivity contribution < 1.29 is 32.2 Å². The largest absolute Gasteiger partial charge is 0.494 e. The third kappa shape index (κ3) is 10.1. The second-order valence-electron chi connectivity index (χ2n) is 11.1. The summed E-state index contributed by atoms with van der Waals surface area (Å²) in [5.41, 5.74) is 0.305. The summed E-state index contributed by atoms with van der Waals surface area (Å²) >= 11 is 0. The highest BCUT2D eigenvalue weighted by molar-refractivity contribution is 7.89. The number of hydrogen-bond acceptors (Lipinski definition) is 7. The van der Waals surface area contributed by atoms with Gasteiger partial charge in [-0.2, -0.15) is 4.72 Å². The van der Waals surface area contributed by atoms with E-state index in [-0.39, 0.29) is 17.4 Å². The summed E-state index contributed by atoms with van der Waals surface area (Å²) in [6.45, 7) is 7.73. The van der Waals surface area contributed by atoms with Gasteiger partial charge in [-0.3, -0.25) is 4.79 Å². The molecule has 0 unspecified atom stereocenters. The number of nitrogens with one attached hydrogen (secondary N) is 1. The predicted octanol–water partition coefficient (Wildman–Crippen LogP) is 4.95. The van der Waals surface area contributed by atoms with Crippen molar-refractivity contribution in [1.82, 2.24) is 9.62 Å². The third-order valence-corrected chi connectivity index (χ3v) is 8.23. The van der Waals surface area contributed by atoms with E-state index in [1.807, 2.05) is 45.0 Å². The van der Waals surface area contributed by atoms with Crippen LogP contribution in [0.4, 0.5) is 4.79 Å². The molecule has 0 radical (unpaired) electrons. The van der Waals surface area contributed by atoms with Crippen LogP contribution in [0, 0.1) is 5.92 Å². The molecule has 0 aliphatic carbocycles. The molecule has 40 heavy (non-hydrogen) atoms. The van der Waals surface area contributed by atoms with Crippen LogP contribution in [0.1, 0.15) is 58.4 Å². The second kappa shape index (κ2) is 14.5. The van der Waals surface area contributed by atoms with Crippen LogP contribution in [0.5, 0.6) is 5.75 Å². The maximum atomic E-state index is 12.7. The number of carbonyl (C=O) groups excluding carboxylic acids is 2. The van der Waals surface area contributed by atoms with Crippen LogP contribution in [-0.4, -0.2) is 63.8 Å². The number of sulfonamides is 1. The standard InChI is InChI=1S/C30H42N2O7S/c1-30(2,3)39-29(34)32-19-17-23(18-20-32)10-8-9-21-38-25-15-13-24(14-16-25)22-27(28(33)37-4)31-40(35,36)26-11-6-5-7-12-26/h5-7,11-16,23,27,31H,8-10,17-22H2,1-4H3/t27-/m0/s1. The summed E-state index contributed by atoms with van der Waals surface area (Å²) < 4.78 is 44.1. The van der Waals surface area contributed by atoms with E-state index < -0.39 is 27.6 Å². The first-order valence-corrected chi connectivity index (χ1v) is 15.3. The van der Waals surface area contributed by atoms with Gasteiger partial charge in [0, 0.05) is 13.1 Å². The van der Waals surface area contributed by atoms with E-state index in [9.17, 15) is 18.0 Å². The Labute approximate surface area is 238 Å². The fourth-order valence-electron chi connectivity index (χ4n) is 4.58. The first-order chi connectivity index (χ1) is 19.0. The Kier molecular flexibility index (Phi) is 11.4. The Morgan fingerprint density at radius 2 is 1.65 bits per heavy atom. The summed E-state index contributed by atoms with van der Waals surface area (Å²) in [6, 6.07) is 14.1. The quantitative estimate of drug-likeness (QED) is 0.282. The fraction of sp³-hybridized carbons (Fsp3) is 0.533. The number of ether oxygens (including phenoxy) is 3. The second-order valence-corrected chi connectivity index (χ2v) is 12.8. The summed E-state index contributed by atoms with van der Waals surface area (Å²) in [6.07, 6.45) is 5.01. The molecule has 1 aliphatic rings. The molecule has 9 nitrogen and oxygen atoms in total. The number of unbranched alkanes of at least 4 members (excludes halogenated alkanes) is 1. The van der Waals surface area contributed by atoms with Crippen LogP contribution < -0.4 is 9.46 Å².